The van der Waals surface area contributed by atoms with E-state index in [2.05, 4.69) is 0 Å². The van der Waals surface area contributed by atoms with Crippen LogP contribution in [0, 0.1) is 5.92 Å². The van der Waals surface area contributed by atoms with E-state index in [1.54, 1.807) is 12.0 Å². The molecule has 2 aliphatic rings. The summed E-state index contributed by atoms with van der Waals surface area (Å²) in [6, 6.07) is -0.731. The smallest absolute Gasteiger partial charge is 0.326 e. The number of hydrogen-bond donors (Lipinski definition) is 1. The van der Waals surface area contributed by atoms with Crippen molar-refractivity contribution in [3.8, 4) is 0 Å². The summed E-state index contributed by atoms with van der Waals surface area (Å²) >= 11 is 0. The molecule has 7 heteroatoms. The van der Waals surface area contributed by atoms with E-state index in [1.165, 1.54) is 4.90 Å². The molecule has 0 radical (unpaired) electrons. The average Bonchev–Trinajstić information content (AvgIpc) is 3.02. The number of methoxy groups -OCH3 is 1. The van der Waals surface area contributed by atoms with Crippen LogP contribution in [0.3, 0.4) is 0 Å². The third-order valence-electron chi connectivity index (χ3n) is 3.95. The van der Waals surface area contributed by atoms with E-state index in [0.29, 0.717) is 39.1 Å². The van der Waals surface area contributed by atoms with Crippen molar-refractivity contribution in [2.45, 2.75) is 25.3 Å². The number of carboxylic acids is 1. The minimum absolute atomic E-state index is 0.0635. The molecule has 1 N–H and O–H groups in total. The van der Waals surface area contributed by atoms with E-state index in [-0.39, 0.29) is 18.2 Å². The lowest BCUT2D eigenvalue weighted by Crippen LogP contribution is -2.44. The maximum absolute atomic E-state index is 12.4. The SMILES string of the molecule is COCCN1C[C@H](C(=O)N2CCC[C@@H]2C(=O)O)CC1=O. The van der Waals surface area contributed by atoms with Crippen LogP contribution in [0.4, 0.5) is 0 Å². The quantitative estimate of drug-likeness (QED) is 0.739. The Balaban J connectivity index is 1.96. The molecule has 2 aliphatic heterocycles. The molecule has 0 saturated carbocycles. The van der Waals surface area contributed by atoms with Gasteiger partial charge in [0.1, 0.15) is 6.04 Å². The highest BCUT2D eigenvalue weighted by molar-refractivity contribution is 5.91. The molecule has 112 valence electrons. The van der Waals surface area contributed by atoms with Crippen LogP contribution in [0.5, 0.6) is 0 Å². The summed E-state index contributed by atoms with van der Waals surface area (Å²) in [6.45, 7) is 1.75. The molecular formula is C13H20N2O5. The van der Waals surface area contributed by atoms with E-state index in [4.69, 9.17) is 9.84 Å². The topological polar surface area (TPSA) is 87.2 Å². The van der Waals surface area contributed by atoms with Gasteiger partial charge in [0.2, 0.25) is 11.8 Å². The minimum atomic E-state index is -0.962. The molecule has 2 heterocycles. The maximum Gasteiger partial charge on any atom is 0.326 e. The molecule has 2 fully saturated rings. The zero-order chi connectivity index (χ0) is 14.7. The summed E-state index contributed by atoms with van der Waals surface area (Å²) in [6.07, 6.45) is 1.37. The molecular weight excluding hydrogens is 264 g/mol. The van der Waals surface area contributed by atoms with Crippen LogP contribution < -0.4 is 0 Å². The van der Waals surface area contributed by atoms with Gasteiger partial charge in [-0.25, -0.2) is 4.79 Å². The van der Waals surface area contributed by atoms with Crippen molar-refractivity contribution < 1.29 is 24.2 Å². The molecule has 0 unspecified atom stereocenters. The second-order valence-corrected chi connectivity index (χ2v) is 5.26. The van der Waals surface area contributed by atoms with Crippen LogP contribution in [-0.2, 0) is 19.1 Å². The highest BCUT2D eigenvalue weighted by atomic mass is 16.5. The molecule has 2 rings (SSSR count). The van der Waals surface area contributed by atoms with Crippen LogP contribution >= 0.6 is 0 Å². The summed E-state index contributed by atoms with van der Waals surface area (Å²) in [5.74, 6) is -1.65. The normalized spacial score (nSPS) is 26.4. The van der Waals surface area contributed by atoms with Crippen LogP contribution in [0.25, 0.3) is 0 Å². The Morgan fingerprint density at radius 1 is 1.45 bits per heavy atom. The Hall–Kier alpha value is -1.63. The number of carboxylic acid groups (broad SMARTS) is 1. The molecule has 2 amide bonds. The molecule has 2 atom stereocenters. The van der Waals surface area contributed by atoms with E-state index in [9.17, 15) is 14.4 Å². The summed E-state index contributed by atoms with van der Waals surface area (Å²) in [7, 11) is 1.56. The second-order valence-electron chi connectivity index (χ2n) is 5.26. The Labute approximate surface area is 117 Å². The van der Waals surface area contributed by atoms with Gasteiger partial charge in [-0.3, -0.25) is 9.59 Å². The van der Waals surface area contributed by atoms with Gasteiger partial charge in [-0.1, -0.05) is 0 Å². The molecule has 20 heavy (non-hydrogen) atoms. The molecule has 0 aliphatic carbocycles. The number of rotatable bonds is 5. The molecule has 7 nitrogen and oxygen atoms in total. The van der Waals surface area contributed by atoms with Gasteiger partial charge in [-0.05, 0) is 12.8 Å². The first-order valence-electron chi connectivity index (χ1n) is 6.84. The highest BCUT2D eigenvalue weighted by Gasteiger charge is 2.41. The zero-order valence-corrected chi connectivity index (χ0v) is 11.6. The Morgan fingerprint density at radius 2 is 2.20 bits per heavy atom. The number of nitrogens with zero attached hydrogens (tertiary/aromatic N) is 2. The lowest BCUT2D eigenvalue weighted by atomic mass is 10.1. The number of carbonyl (C=O) groups is 3. The predicted molar refractivity (Wildman–Crippen MR) is 68.9 cm³/mol. The maximum atomic E-state index is 12.4. The van der Waals surface area contributed by atoms with Crippen LogP contribution in [-0.4, -0.2) is 72.1 Å². The number of amides is 2. The second kappa shape index (κ2) is 6.21. The fourth-order valence-electron chi connectivity index (χ4n) is 2.88. The van der Waals surface area contributed by atoms with Gasteiger partial charge in [0, 0.05) is 33.2 Å². The molecule has 0 bridgehead atoms. The van der Waals surface area contributed by atoms with Gasteiger partial charge in [0.15, 0.2) is 0 Å². The number of carbonyl (C=O) groups excluding carboxylic acids is 2. The highest BCUT2D eigenvalue weighted by Crippen LogP contribution is 2.25. The first-order chi connectivity index (χ1) is 9.54. The molecule has 0 aromatic heterocycles. The number of likely N-dealkylation sites (tertiary alicyclic amines) is 2. The van der Waals surface area contributed by atoms with Crippen molar-refractivity contribution in [1.29, 1.82) is 0 Å². The van der Waals surface area contributed by atoms with Gasteiger partial charge in [-0.15, -0.1) is 0 Å². The minimum Gasteiger partial charge on any atom is -0.480 e. The van der Waals surface area contributed by atoms with Gasteiger partial charge in [0.25, 0.3) is 0 Å². The van der Waals surface area contributed by atoms with Crippen LogP contribution in [0.1, 0.15) is 19.3 Å². The molecule has 0 aromatic carbocycles. The lowest BCUT2D eigenvalue weighted by Gasteiger charge is -2.24. The van der Waals surface area contributed by atoms with Crippen LogP contribution in [0.15, 0.2) is 0 Å². The zero-order valence-electron chi connectivity index (χ0n) is 11.6. The van der Waals surface area contributed by atoms with Crippen molar-refractivity contribution in [2.75, 3.05) is 33.4 Å². The van der Waals surface area contributed by atoms with E-state index >= 15 is 0 Å². The van der Waals surface area contributed by atoms with E-state index < -0.39 is 17.9 Å². The van der Waals surface area contributed by atoms with E-state index in [0.717, 1.165) is 0 Å². The third kappa shape index (κ3) is 2.92. The summed E-state index contributed by atoms with van der Waals surface area (Å²) in [5, 5.41) is 9.11. The number of ether oxygens (including phenoxy) is 1. The molecule has 0 spiro atoms. The number of aliphatic carboxylic acids is 1. The molecule has 0 aromatic rings. The van der Waals surface area contributed by atoms with Crippen molar-refractivity contribution >= 4 is 17.8 Å². The standard InChI is InChI=1S/C13H20N2O5/c1-20-6-5-14-8-9(7-11(14)16)12(17)15-4-2-3-10(15)13(18)19/h9-10H,2-8H2,1H3,(H,18,19)/t9-,10-/m1/s1. The predicted octanol–water partition coefficient (Wildman–Crippen LogP) is -0.443. The van der Waals surface area contributed by atoms with Gasteiger partial charge < -0.3 is 19.6 Å². The molecule has 2 saturated heterocycles. The van der Waals surface area contributed by atoms with Crippen molar-refractivity contribution in [1.82, 2.24) is 9.80 Å². The Bertz CT molecular complexity index is 412. The first-order valence-corrected chi connectivity index (χ1v) is 6.84. The van der Waals surface area contributed by atoms with Crippen LogP contribution in [0.2, 0.25) is 0 Å². The third-order valence-corrected chi connectivity index (χ3v) is 3.95. The van der Waals surface area contributed by atoms with E-state index in [1.807, 2.05) is 0 Å². The summed E-state index contributed by atoms with van der Waals surface area (Å²) in [5.41, 5.74) is 0. The summed E-state index contributed by atoms with van der Waals surface area (Å²) < 4.78 is 4.93. The fourth-order valence-corrected chi connectivity index (χ4v) is 2.88. The van der Waals surface area contributed by atoms with Gasteiger partial charge in [-0.2, -0.15) is 0 Å². The van der Waals surface area contributed by atoms with Crippen molar-refractivity contribution in [3.05, 3.63) is 0 Å². The monoisotopic (exact) mass is 284 g/mol. The van der Waals surface area contributed by atoms with Crippen molar-refractivity contribution in [2.24, 2.45) is 5.92 Å². The lowest BCUT2D eigenvalue weighted by molar-refractivity contribution is -0.149. The van der Waals surface area contributed by atoms with Gasteiger partial charge >= 0.3 is 5.97 Å². The Morgan fingerprint density at radius 3 is 2.85 bits per heavy atom. The Kier molecular flexibility index (Phi) is 4.59. The number of hydrogen-bond acceptors (Lipinski definition) is 4. The van der Waals surface area contributed by atoms with Crippen molar-refractivity contribution in [3.63, 3.8) is 0 Å². The summed E-state index contributed by atoms with van der Waals surface area (Å²) in [4.78, 5) is 38.3. The van der Waals surface area contributed by atoms with Gasteiger partial charge in [0.05, 0.1) is 12.5 Å². The first kappa shape index (κ1) is 14.8. The average molecular weight is 284 g/mol. The largest absolute Gasteiger partial charge is 0.480 e. The fraction of sp³-hybridized carbons (Fsp3) is 0.769.